The molecule has 0 aromatic rings. The molecule has 7 nitrogen and oxygen atoms in total. The number of rotatable bonds is 3. The molecule has 1 aliphatic rings. The zero-order valence-electron chi connectivity index (χ0n) is 16.2. The first-order chi connectivity index (χ1) is 11.7. The summed E-state index contributed by atoms with van der Waals surface area (Å²) < 4.78 is 21.9. The fraction of sp³-hybridized carbons (Fsp3) is 0.889. The number of nitrogens with zero attached hydrogens (tertiary/aromatic N) is 1. The first-order valence-corrected chi connectivity index (χ1v) is 9.04. The van der Waals surface area contributed by atoms with Crippen molar-refractivity contribution in [2.45, 2.75) is 59.2 Å². The standard InChI is InChI=1S/C18H33NO6/c1-6-23-16(20)11-15-7-8-19(17(21)25-18(3,4)5)9-10-24-14(2)12-22-13-15/h14-15H,6-13H2,1-5H3. The number of carbonyl (C=O) groups excluding carboxylic acids is 2. The second-order valence-electron chi connectivity index (χ2n) is 7.35. The highest BCUT2D eigenvalue weighted by atomic mass is 16.6. The van der Waals surface area contributed by atoms with Gasteiger partial charge in [-0.2, -0.15) is 0 Å². The van der Waals surface area contributed by atoms with Crippen molar-refractivity contribution in [1.82, 2.24) is 4.90 Å². The summed E-state index contributed by atoms with van der Waals surface area (Å²) in [7, 11) is 0. The molecule has 146 valence electrons. The van der Waals surface area contributed by atoms with E-state index >= 15 is 0 Å². The van der Waals surface area contributed by atoms with Crippen molar-refractivity contribution in [3.05, 3.63) is 0 Å². The summed E-state index contributed by atoms with van der Waals surface area (Å²) in [6, 6.07) is 0. The first kappa shape index (κ1) is 21.7. The van der Waals surface area contributed by atoms with Crippen molar-refractivity contribution in [3.8, 4) is 0 Å². The Morgan fingerprint density at radius 1 is 1.20 bits per heavy atom. The minimum atomic E-state index is -0.551. The maximum Gasteiger partial charge on any atom is 0.410 e. The summed E-state index contributed by atoms with van der Waals surface area (Å²) >= 11 is 0. The summed E-state index contributed by atoms with van der Waals surface area (Å²) in [6.07, 6.45) is 0.498. The predicted molar refractivity (Wildman–Crippen MR) is 93.4 cm³/mol. The van der Waals surface area contributed by atoms with Gasteiger partial charge in [-0.1, -0.05) is 0 Å². The van der Waals surface area contributed by atoms with Gasteiger partial charge in [-0.25, -0.2) is 4.79 Å². The van der Waals surface area contributed by atoms with Gasteiger partial charge in [0.05, 0.1) is 39.0 Å². The minimum absolute atomic E-state index is 0.00529. The van der Waals surface area contributed by atoms with Crippen LogP contribution in [-0.2, 0) is 23.7 Å². The third kappa shape index (κ3) is 9.65. The molecule has 0 aromatic carbocycles. The minimum Gasteiger partial charge on any atom is -0.466 e. The molecular formula is C18H33NO6. The van der Waals surface area contributed by atoms with Gasteiger partial charge in [0, 0.05) is 13.1 Å². The van der Waals surface area contributed by atoms with Crippen LogP contribution in [0.15, 0.2) is 0 Å². The molecule has 1 amide bonds. The van der Waals surface area contributed by atoms with Crippen LogP contribution in [0.4, 0.5) is 4.79 Å². The molecule has 1 fully saturated rings. The summed E-state index contributed by atoms with van der Waals surface area (Å²) in [5, 5.41) is 0. The molecule has 7 heteroatoms. The number of esters is 1. The quantitative estimate of drug-likeness (QED) is 0.721. The Labute approximate surface area is 150 Å². The highest BCUT2D eigenvalue weighted by molar-refractivity contribution is 5.69. The molecular weight excluding hydrogens is 326 g/mol. The molecule has 0 N–H and O–H groups in total. The van der Waals surface area contributed by atoms with Gasteiger partial charge in [0.2, 0.25) is 0 Å². The number of ether oxygens (including phenoxy) is 4. The Morgan fingerprint density at radius 2 is 1.92 bits per heavy atom. The molecule has 0 aromatic heterocycles. The number of carbonyl (C=O) groups is 2. The Hall–Kier alpha value is -1.34. The SMILES string of the molecule is CCOC(=O)CC1CCN(C(=O)OC(C)(C)C)CCOC(C)COC1. The van der Waals surface area contributed by atoms with E-state index in [0.29, 0.717) is 45.9 Å². The normalized spacial score (nSPS) is 23.5. The van der Waals surface area contributed by atoms with E-state index in [1.807, 2.05) is 27.7 Å². The first-order valence-electron chi connectivity index (χ1n) is 9.04. The average molecular weight is 359 g/mol. The van der Waals surface area contributed by atoms with E-state index < -0.39 is 5.60 Å². The number of hydrogen-bond donors (Lipinski definition) is 0. The van der Waals surface area contributed by atoms with Gasteiger partial charge in [-0.3, -0.25) is 4.79 Å². The number of amides is 1. The van der Waals surface area contributed by atoms with Crippen LogP contribution < -0.4 is 0 Å². The molecule has 0 spiro atoms. The van der Waals surface area contributed by atoms with Crippen molar-refractivity contribution >= 4 is 12.1 Å². The molecule has 1 aliphatic heterocycles. The Kier molecular flexibility index (Phi) is 9.21. The van der Waals surface area contributed by atoms with Gasteiger partial charge >= 0.3 is 12.1 Å². The Balaban J connectivity index is 2.72. The van der Waals surface area contributed by atoms with E-state index in [9.17, 15) is 9.59 Å². The Morgan fingerprint density at radius 3 is 2.56 bits per heavy atom. The molecule has 0 saturated carbocycles. The average Bonchev–Trinajstić information content (AvgIpc) is 2.51. The summed E-state index contributed by atoms with van der Waals surface area (Å²) in [5.41, 5.74) is -0.551. The van der Waals surface area contributed by atoms with Crippen molar-refractivity contribution in [2.75, 3.05) is 39.5 Å². The third-order valence-electron chi connectivity index (χ3n) is 3.69. The molecule has 1 heterocycles. The zero-order valence-corrected chi connectivity index (χ0v) is 16.2. The van der Waals surface area contributed by atoms with Crippen LogP contribution in [-0.4, -0.2) is 68.2 Å². The van der Waals surface area contributed by atoms with Gasteiger partial charge in [0.1, 0.15) is 5.60 Å². The van der Waals surface area contributed by atoms with Crippen LogP contribution >= 0.6 is 0 Å². The van der Waals surface area contributed by atoms with Crippen molar-refractivity contribution in [2.24, 2.45) is 5.92 Å². The molecule has 0 bridgehead atoms. The topological polar surface area (TPSA) is 74.3 Å². The largest absolute Gasteiger partial charge is 0.466 e. The maximum atomic E-state index is 12.4. The lowest BCUT2D eigenvalue weighted by Gasteiger charge is -2.28. The highest BCUT2D eigenvalue weighted by Crippen LogP contribution is 2.16. The highest BCUT2D eigenvalue weighted by Gasteiger charge is 2.25. The van der Waals surface area contributed by atoms with Crippen molar-refractivity contribution in [1.29, 1.82) is 0 Å². The second kappa shape index (κ2) is 10.6. The molecule has 0 aliphatic carbocycles. The molecule has 0 radical (unpaired) electrons. The van der Waals surface area contributed by atoms with E-state index in [1.165, 1.54) is 0 Å². The second-order valence-corrected chi connectivity index (χ2v) is 7.35. The lowest BCUT2D eigenvalue weighted by molar-refractivity contribution is -0.144. The van der Waals surface area contributed by atoms with Crippen LogP contribution in [0.2, 0.25) is 0 Å². The van der Waals surface area contributed by atoms with Gasteiger partial charge in [0.15, 0.2) is 0 Å². The van der Waals surface area contributed by atoms with Crippen LogP contribution in [0.5, 0.6) is 0 Å². The van der Waals surface area contributed by atoms with Gasteiger partial charge in [0.25, 0.3) is 0 Å². The van der Waals surface area contributed by atoms with Crippen molar-refractivity contribution < 1.29 is 28.5 Å². The lowest BCUT2D eigenvalue weighted by atomic mass is 10.0. The van der Waals surface area contributed by atoms with Crippen LogP contribution in [0.25, 0.3) is 0 Å². The maximum absolute atomic E-state index is 12.4. The predicted octanol–water partition coefficient (Wildman–Crippen LogP) is 2.62. The summed E-state index contributed by atoms with van der Waals surface area (Å²) in [4.78, 5) is 25.8. The van der Waals surface area contributed by atoms with Crippen LogP contribution in [0.1, 0.15) is 47.5 Å². The third-order valence-corrected chi connectivity index (χ3v) is 3.69. The monoisotopic (exact) mass is 359 g/mol. The molecule has 2 atom stereocenters. The van der Waals surface area contributed by atoms with Crippen molar-refractivity contribution in [3.63, 3.8) is 0 Å². The summed E-state index contributed by atoms with van der Waals surface area (Å²) in [6.45, 7) is 11.9. The van der Waals surface area contributed by atoms with Crippen LogP contribution in [0.3, 0.4) is 0 Å². The zero-order chi connectivity index (χ0) is 18.9. The van der Waals surface area contributed by atoms with E-state index in [0.717, 1.165) is 0 Å². The van der Waals surface area contributed by atoms with Gasteiger partial charge in [-0.05, 0) is 47.0 Å². The van der Waals surface area contributed by atoms with E-state index in [1.54, 1.807) is 11.8 Å². The van der Waals surface area contributed by atoms with E-state index in [4.69, 9.17) is 18.9 Å². The summed E-state index contributed by atoms with van der Waals surface area (Å²) in [5.74, 6) is -0.242. The Bertz CT molecular complexity index is 420. The van der Waals surface area contributed by atoms with Crippen LogP contribution in [0, 0.1) is 5.92 Å². The van der Waals surface area contributed by atoms with Gasteiger partial charge < -0.3 is 23.8 Å². The van der Waals surface area contributed by atoms with E-state index in [2.05, 4.69) is 0 Å². The molecule has 2 unspecified atom stereocenters. The fourth-order valence-electron chi connectivity index (χ4n) is 2.47. The molecule has 1 saturated heterocycles. The molecule has 1 rings (SSSR count). The van der Waals surface area contributed by atoms with E-state index in [-0.39, 0.29) is 30.5 Å². The molecule has 25 heavy (non-hydrogen) atoms. The van der Waals surface area contributed by atoms with Gasteiger partial charge in [-0.15, -0.1) is 0 Å². The fourth-order valence-corrected chi connectivity index (χ4v) is 2.47. The lowest BCUT2D eigenvalue weighted by Crippen LogP contribution is -2.40. The smallest absolute Gasteiger partial charge is 0.410 e. The number of hydrogen-bond acceptors (Lipinski definition) is 6.